The number of sulfone groups is 1. The van der Waals surface area contributed by atoms with Crippen molar-refractivity contribution in [2.75, 3.05) is 24.2 Å². The molecule has 1 saturated heterocycles. The van der Waals surface area contributed by atoms with Gasteiger partial charge in [-0.25, -0.2) is 8.42 Å². The Balaban J connectivity index is 1.58. The molecule has 2 aromatic carbocycles. The van der Waals surface area contributed by atoms with Gasteiger partial charge in [-0.1, -0.05) is 35.9 Å². The van der Waals surface area contributed by atoms with Crippen LogP contribution in [0.15, 0.2) is 47.5 Å². The molecule has 36 heavy (non-hydrogen) atoms. The number of fused-ring (bicyclic) bond motifs is 1. The highest BCUT2D eigenvalue weighted by Gasteiger charge is 2.28. The van der Waals surface area contributed by atoms with E-state index in [1.807, 2.05) is 46.8 Å². The first-order valence-corrected chi connectivity index (χ1v) is 13.7. The Labute approximate surface area is 212 Å². The second-order valence-corrected chi connectivity index (χ2v) is 11.7. The number of rotatable bonds is 6. The number of ether oxygens (including phenoxy) is 1. The number of morpholine rings is 1. The number of aryl methyl sites for hydroxylation is 3. The third-order valence-electron chi connectivity index (χ3n) is 6.43. The first-order valence-electron chi connectivity index (χ1n) is 12.1. The van der Waals surface area contributed by atoms with Gasteiger partial charge in [-0.3, -0.25) is 9.59 Å². The van der Waals surface area contributed by atoms with Crippen molar-refractivity contribution in [1.82, 2.24) is 9.47 Å². The van der Waals surface area contributed by atoms with Gasteiger partial charge in [-0.05, 0) is 51.8 Å². The molecule has 0 radical (unpaired) electrons. The number of benzene rings is 2. The maximum Gasteiger partial charge on any atom is 0.242 e. The lowest BCUT2D eigenvalue weighted by molar-refractivity contribution is -0.143. The van der Waals surface area contributed by atoms with Crippen LogP contribution in [0.1, 0.15) is 30.5 Å². The Kier molecular flexibility index (Phi) is 7.24. The van der Waals surface area contributed by atoms with Crippen molar-refractivity contribution >= 4 is 38.2 Å². The van der Waals surface area contributed by atoms with E-state index < -0.39 is 21.5 Å². The van der Waals surface area contributed by atoms with Gasteiger partial charge in [0.1, 0.15) is 12.3 Å². The molecule has 4 rings (SSSR count). The topological polar surface area (TPSA) is 97.7 Å². The van der Waals surface area contributed by atoms with E-state index in [4.69, 9.17) is 4.74 Å². The molecule has 2 atom stereocenters. The van der Waals surface area contributed by atoms with E-state index in [1.54, 1.807) is 33.7 Å². The fourth-order valence-electron chi connectivity index (χ4n) is 5.02. The highest BCUT2D eigenvalue weighted by molar-refractivity contribution is 7.92. The summed E-state index contributed by atoms with van der Waals surface area (Å²) in [7, 11) is -3.98. The molecule has 3 aromatic rings. The summed E-state index contributed by atoms with van der Waals surface area (Å²) in [5.41, 5.74) is 4.08. The van der Waals surface area contributed by atoms with Crippen LogP contribution in [0.2, 0.25) is 0 Å². The number of anilines is 1. The standard InChI is InChI=1S/C27H33N3O5S/c1-17-10-18(2)27(19(3)11-17)28-25(31)16-36(33,34)24-14-29(23-9-7-6-8-22(23)24)15-26(32)30-12-20(4)35-21(5)13-30/h6-11,14,20-21H,12-13,15-16H2,1-5H3,(H,28,31). The predicted octanol–water partition coefficient (Wildman–Crippen LogP) is 3.61. The third-order valence-corrected chi connectivity index (χ3v) is 8.07. The number of amides is 2. The summed E-state index contributed by atoms with van der Waals surface area (Å²) < 4.78 is 34.1. The maximum absolute atomic E-state index is 13.4. The number of hydrogen-bond donors (Lipinski definition) is 1. The van der Waals surface area contributed by atoms with Gasteiger partial charge in [-0.15, -0.1) is 0 Å². The molecule has 1 aromatic heterocycles. The molecule has 192 valence electrons. The highest BCUT2D eigenvalue weighted by atomic mass is 32.2. The zero-order chi connectivity index (χ0) is 26.2. The fourth-order valence-corrected chi connectivity index (χ4v) is 6.39. The number of aromatic nitrogens is 1. The van der Waals surface area contributed by atoms with Crippen molar-refractivity contribution in [3.8, 4) is 0 Å². The Hall–Kier alpha value is -3.17. The SMILES string of the molecule is Cc1cc(C)c(NC(=O)CS(=O)(=O)c2cn(CC(=O)N3CC(C)OC(C)C3)c3ccccc23)c(C)c1. The molecule has 2 heterocycles. The minimum atomic E-state index is -3.98. The number of nitrogens with one attached hydrogen (secondary N) is 1. The van der Waals surface area contributed by atoms with Crippen molar-refractivity contribution < 1.29 is 22.7 Å². The lowest BCUT2D eigenvalue weighted by atomic mass is 10.1. The number of carbonyl (C=O) groups is 2. The first-order chi connectivity index (χ1) is 16.9. The van der Waals surface area contributed by atoms with Crippen LogP contribution in [-0.2, 0) is 30.7 Å². The largest absolute Gasteiger partial charge is 0.372 e. The lowest BCUT2D eigenvalue weighted by Gasteiger charge is -2.35. The van der Waals surface area contributed by atoms with Crippen LogP contribution in [0, 0.1) is 20.8 Å². The van der Waals surface area contributed by atoms with Crippen LogP contribution < -0.4 is 5.32 Å². The monoisotopic (exact) mass is 511 g/mol. The lowest BCUT2D eigenvalue weighted by Crippen LogP contribution is -2.49. The molecule has 1 fully saturated rings. The summed E-state index contributed by atoms with van der Waals surface area (Å²) in [6.07, 6.45) is 1.35. The van der Waals surface area contributed by atoms with Crippen LogP contribution in [0.4, 0.5) is 5.69 Å². The number of hydrogen-bond acceptors (Lipinski definition) is 5. The van der Waals surface area contributed by atoms with Gasteiger partial charge < -0.3 is 19.5 Å². The normalized spacial score (nSPS) is 18.4. The summed E-state index contributed by atoms with van der Waals surface area (Å²) in [5, 5.41) is 3.26. The summed E-state index contributed by atoms with van der Waals surface area (Å²) >= 11 is 0. The van der Waals surface area contributed by atoms with Crippen molar-refractivity contribution in [2.45, 2.75) is 58.3 Å². The van der Waals surface area contributed by atoms with Gasteiger partial charge in [-0.2, -0.15) is 0 Å². The summed E-state index contributed by atoms with van der Waals surface area (Å²) in [4.78, 5) is 27.7. The zero-order valence-electron chi connectivity index (χ0n) is 21.4. The van der Waals surface area contributed by atoms with Crippen LogP contribution in [0.25, 0.3) is 10.9 Å². The third kappa shape index (κ3) is 5.47. The van der Waals surface area contributed by atoms with E-state index in [0.29, 0.717) is 29.7 Å². The van der Waals surface area contributed by atoms with Crippen molar-refractivity contribution in [3.63, 3.8) is 0 Å². The van der Waals surface area contributed by atoms with Crippen molar-refractivity contribution in [3.05, 3.63) is 59.3 Å². The molecule has 1 aliphatic rings. The molecule has 2 amide bonds. The van der Waals surface area contributed by atoms with Crippen LogP contribution in [0.3, 0.4) is 0 Å². The number of nitrogens with zero attached hydrogens (tertiary/aromatic N) is 2. The van der Waals surface area contributed by atoms with E-state index in [-0.39, 0.29) is 29.6 Å². The van der Waals surface area contributed by atoms with Crippen LogP contribution in [0.5, 0.6) is 0 Å². The van der Waals surface area contributed by atoms with Crippen LogP contribution in [-0.4, -0.2) is 60.7 Å². The molecule has 1 N–H and O–H groups in total. The van der Waals surface area contributed by atoms with Gasteiger partial charge in [0.15, 0.2) is 9.84 Å². The molecule has 0 saturated carbocycles. The van der Waals surface area contributed by atoms with Gasteiger partial charge in [0.2, 0.25) is 11.8 Å². The minimum Gasteiger partial charge on any atom is -0.372 e. The quantitative estimate of drug-likeness (QED) is 0.545. The summed E-state index contributed by atoms with van der Waals surface area (Å²) in [6.45, 7) is 10.6. The van der Waals surface area contributed by atoms with Gasteiger partial charge in [0.25, 0.3) is 0 Å². The molecular formula is C27H33N3O5S. The Morgan fingerprint density at radius 1 is 1.03 bits per heavy atom. The zero-order valence-corrected chi connectivity index (χ0v) is 22.2. The molecule has 9 heteroatoms. The molecule has 0 spiro atoms. The van der Waals surface area contributed by atoms with E-state index >= 15 is 0 Å². The molecule has 1 aliphatic heterocycles. The summed E-state index contributed by atoms with van der Waals surface area (Å²) in [6, 6.07) is 10.9. The molecule has 0 bridgehead atoms. The van der Waals surface area contributed by atoms with E-state index in [0.717, 1.165) is 16.7 Å². The van der Waals surface area contributed by atoms with Gasteiger partial charge in [0, 0.05) is 35.9 Å². The van der Waals surface area contributed by atoms with E-state index in [2.05, 4.69) is 5.32 Å². The maximum atomic E-state index is 13.4. The molecule has 0 aliphatic carbocycles. The second kappa shape index (κ2) is 10.1. The van der Waals surface area contributed by atoms with Gasteiger partial charge in [0.05, 0.1) is 17.1 Å². The molecule has 8 nitrogen and oxygen atoms in total. The molecule has 2 unspecified atom stereocenters. The first kappa shape index (κ1) is 25.9. The van der Waals surface area contributed by atoms with Crippen LogP contribution >= 0.6 is 0 Å². The number of para-hydroxylation sites is 1. The smallest absolute Gasteiger partial charge is 0.242 e. The van der Waals surface area contributed by atoms with E-state index in [9.17, 15) is 18.0 Å². The van der Waals surface area contributed by atoms with Gasteiger partial charge >= 0.3 is 0 Å². The Morgan fingerprint density at radius 2 is 1.64 bits per heavy atom. The fraction of sp³-hybridized carbons (Fsp3) is 0.407. The van der Waals surface area contributed by atoms with E-state index in [1.165, 1.54) is 6.20 Å². The van der Waals surface area contributed by atoms with Crippen molar-refractivity contribution in [2.24, 2.45) is 0 Å². The minimum absolute atomic E-state index is 0.00340. The predicted molar refractivity (Wildman–Crippen MR) is 140 cm³/mol. The Morgan fingerprint density at radius 3 is 2.28 bits per heavy atom. The highest BCUT2D eigenvalue weighted by Crippen LogP contribution is 2.28. The average molecular weight is 512 g/mol. The number of carbonyl (C=O) groups excluding carboxylic acids is 2. The van der Waals surface area contributed by atoms with Crippen molar-refractivity contribution in [1.29, 1.82) is 0 Å². The second-order valence-electron chi connectivity index (χ2n) is 9.78. The summed E-state index contributed by atoms with van der Waals surface area (Å²) in [5.74, 6) is -1.40. The Bertz CT molecular complexity index is 1390. The molecular weight excluding hydrogens is 478 g/mol. The average Bonchev–Trinajstić information content (AvgIpc) is 3.15.